The number of aryl methyl sites for hydroxylation is 1. The van der Waals surface area contributed by atoms with Crippen LogP contribution in [0.2, 0.25) is 0 Å². The molecular weight excluding hydrogens is 1230 g/mol. The van der Waals surface area contributed by atoms with E-state index >= 15 is 0 Å². The van der Waals surface area contributed by atoms with Crippen LogP contribution in [-0.2, 0) is 367 Å². The fourth-order valence-corrected chi connectivity index (χ4v) is 1.35. The van der Waals surface area contributed by atoms with E-state index in [0.29, 0.717) is 11.8 Å². The molecule has 0 aliphatic rings. The number of hydrogen-bond donors (Lipinski definition) is 0. The molecule has 1 aromatic rings. The van der Waals surface area contributed by atoms with Crippen LogP contribution in [-0.4, -0.2) is 0 Å². The molecule has 32 heavy (non-hydrogen) atoms. The molecule has 0 aliphatic carbocycles. The van der Waals surface area contributed by atoms with E-state index in [1.807, 2.05) is 55.4 Å². The SMILES string of the molecule is CC.CC.CC.CC.CC(C)[C@@H](C)c1cccc[n+]1C.[CH3-].[Y].[Y].[Y].[Y].[Y].[Y].[Y].[Y].[Y].[Y].[Y]. The van der Waals surface area contributed by atoms with Gasteiger partial charge in [0.05, 0.1) is 0 Å². The van der Waals surface area contributed by atoms with E-state index in [-0.39, 0.29) is 367 Å². The Balaban J connectivity index is -0.00000000838. The second-order valence-corrected chi connectivity index (χ2v) is 3.77. The van der Waals surface area contributed by atoms with Crippen molar-refractivity contribution in [2.24, 2.45) is 13.0 Å². The summed E-state index contributed by atoms with van der Waals surface area (Å²) in [6.45, 7) is 22.8. The van der Waals surface area contributed by atoms with E-state index in [0.717, 1.165) is 0 Å². The largest absolute Gasteiger partial charge is 0.358 e. The summed E-state index contributed by atoms with van der Waals surface area (Å²) in [5, 5.41) is 0. The molecule has 163 valence electrons. The van der Waals surface area contributed by atoms with Gasteiger partial charge in [0.25, 0.3) is 0 Å². The molecule has 0 bridgehead atoms. The minimum Gasteiger partial charge on any atom is -0.358 e. The Hall–Kier alpha value is 11.3. The van der Waals surface area contributed by atoms with Crippen LogP contribution < -0.4 is 4.57 Å². The Kier molecular flexibility index (Phi) is 315. The normalized spacial score (nSPS) is 5.78. The van der Waals surface area contributed by atoms with E-state index in [1.165, 1.54) is 5.69 Å². The molecule has 0 spiro atoms. The van der Waals surface area contributed by atoms with Crippen molar-refractivity contribution >= 4 is 0 Å². The molecule has 1 nitrogen and oxygen atoms in total. The van der Waals surface area contributed by atoms with E-state index < -0.39 is 0 Å². The zero-order valence-corrected chi connectivity index (χ0v) is 55.0. The van der Waals surface area contributed by atoms with Gasteiger partial charge in [-0.25, -0.2) is 4.57 Å². The molecule has 11 radical (unpaired) electrons. The first kappa shape index (κ1) is 104. The average Bonchev–Trinajstić information content (AvgIpc) is 2.55. The Morgan fingerprint density at radius 2 is 0.781 bits per heavy atom. The predicted octanol–water partition coefficient (Wildman–Crippen LogP) is 6.80. The van der Waals surface area contributed by atoms with Crippen LogP contribution in [0.3, 0.4) is 0 Å². The molecule has 0 saturated heterocycles. The zero-order chi connectivity index (χ0) is 17.1. The summed E-state index contributed by atoms with van der Waals surface area (Å²) < 4.78 is 2.20. The Bertz CT molecular complexity index is 283. The number of hydrogen-bond acceptors (Lipinski definition) is 0. The van der Waals surface area contributed by atoms with Crippen LogP contribution in [0.25, 0.3) is 0 Å². The zero-order valence-electron chi connectivity index (χ0n) is 23.8. The van der Waals surface area contributed by atoms with Gasteiger partial charge in [0.1, 0.15) is 7.05 Å². The third-order valence-corrected chi connectivity index (χ3v) is 2.56. The molecule has 0 saturated carbocycles. The van der Waals surface area contributed by atoms with Crippen molar-refractivity contribution in [2.75, 3.05) is 0 Å². The van der Waals surface area contributed by atoms with Gasteiger partial charge in [0.2, 0.25) is 0 Å². The Morgan fingerprint density at radius 3 is 0.969 bits per heavy atom. The van der Waals surface area contributed by atoms with Crippen LogP contribution >= 0.6 is 0 Å². The maximum absolute atomic E-state index is 2.28. The van der Waals surface area contributed by atoms with E-state index in [2.05, 4.69) is 56.8 Å². The first-order chi connectivity index (χ1) is 9.63. The van der Waals surface area contributed by atoms with Crippen LogP contribution in [0, 0.1) is 13.3 Å². The Morgan fingerprint density at radius 1 is 0.531 bits per heavy atom. The predicted molar refractivity (Wildman–Crippen MR) is 103 cm³/mol. The molecular formula is C20H45NY11. The molecule has 0 aliphatic heterocycles. The van der Waals surface area contributed by atoms with Crippen LogP contribution in [0.15, 0.2) is 24.4 Å². The first-order valence-corrected chi connectivity index (χ1v) is 8.57. The average molecular weight is 1280 g/mol. The molecule has 0 aromatic carbocycles. The number of nitrogens with zero attached hydrogens (tertiary/aromatic N) is 1. The van der Waals surface area contributed by atoms with Gasteiger partial charge in [-0.05, 0) is 5.92 Å². The summed E-state index contributed by atoms with van der Waals surface area (Å²) >= 11 is 0. The monoisotopic (exact) mass is 1280 g/mol. The quantitative estimate of drug-likeness (QED) is 0.227. The van der Waals surface area contributed by atoms with Crippen molar-refractivity contribution in [3.63, 3.8) is 0 Å². The molecule has 0 fully saturated rings. The molecule has 1 rings (SSSR count). The summed E-state index contributed by atoms with van der Waals surface area (Å²) in [4.78, 5) is 0. The maximum atomic E-state index is 2.28. The van der Waals surface area contributed by atoms with Crippen molar-refractivity contribution in [1.82, 2.24) is 0 Å². The fourth-order valence-electron chi connectivity index (χ4n) is 1.35. The van der Waals surface area contributed by atoms with Crippen molar-refractivity contribution < 1.29 is 364 Å². The second-order valence-electron chi connectivity index (χ2n) is 3.77. The van der Waals surface area contributed by atoms with E-state index in [1.54, 1.807) is 0 Å². The van der Waals surface area contributed by atoms with Gasteiger partial charge >= 0.3 is 0 Å². The van der Waals surface area contributed by atoms with Gasteiger partial charge in [0, 0.05) is 378 Å². The summed E-state index contributed by atoms with van der Waals surface area (Å²) in [7, 11) is 2.11. The van der Waals surface area contributed by atoms with Crippen molar-refractivity contribution in [2.45, 2.75) is 82.1 Å². The van der Waals surface area contributed by atoms with Gasteiger partial charge in [-0.1, -0.05) is 82.2 Å². The molecule has 1 aromatic heterocycles. The molecule has 1 heterocycles. The third-order valence-electron chi connectivity index (χ3n) is 2.56. The first-order valence-electron chi connectivity index (χ1n) is 8.57. The standard InChI is InChI=1S/C11H18N.4C2H6.CH3.11Y/c1-9(2)10(3)11-7-5-6-8-12(11)4;4*1-2;;;;;;;;;;;;/h5-10H,1-4H3;4*1-2H3;1H3;;;;;;;;;;;/q+1;;;;;-1;;;;;;;;;;;/t10-;;;;;;;;;;;;;;;;/m1................/s1. The summed E-state index contributed by atoms with van der Waals surface area (Å²) in [6.07, 6.45) is 2.11. The molecule has 12 heteroatoms. The van der Waals surface area contributed by atoms with Crippen LogP contribution in [0.1, 0.15) is 87.8 Å². The van der Waals surface area contributed by atoms with Gasteiger partial charge in [-0.15, -0.1) is 0 Å². The number of pyridine rings is 1. The van der Waals surface area contributed by atoms with Gasteiger partial charge in [-0.3, -0.25) is 0 Å². The summed E-state index contributed by atoms with van der Waals surface area (Å²) in [6, 6.07) is 6.37. The number of aromatic nitrogens is 1. The second kappa shape index (κ2) is 96.8. The molecule has 0 N–H and O–H groups in total. The van der Waals surface area contributed by atoms with Gasteiger partial charge in [0.15, 0.2) is 11.9 Å². The van der Waals surface area contributed by atoms with Crippen LogP contribution in [0.4, 0.5) is 0 Å². The molecule has 1 atom stereocenters. The van der Waals surface area contributed by atoms with Gasteiger partial charge < -0.3 is 7.43 Å². The summed E-state index contributed by atoms with van der Waals surface area (Å²) in [5.74, 6) is 1.34. The van der Waals surface area contributed by atoms with Crippen molar-refractivity contribution in [3.05, 3.63) is 37.5 Å². The molecule has 0 unspecified atom stereocenters. The van der Waals surface area contributed by atoms with Gasteiger partial charge in [-0.2, -0.15) is 0 Å². The number of rotatable bonds is 2. The summed E-state index contributed by atoms with van der Waals surface area (Å²) in [5.41, 5.74) is 1.41. The smallest absolute Gasteiger partial charge is 0.184 e. The van der Waals surface area contributed by atoms with E-state index in [9.17, 15) is 0 Å². The topological polar surface area (TPSA) is 3.88 Å². The minimum absolute atomic E-state index is 0. The van der Waals surface area contributed by atoms with Crippen LogP contribution in [0.5, 0.6) is 0 Å². The third kappa shape index (κ3) is 73.1. The maximum Gasteiger partial charge on any atom is 0.184 e. The molecule has 0 amide bonds. The Labute approximate surface area is 483 Å². The van der Waals surface area contributed by atoms with Crippen molar-refractivity contribution in [1.29, 1.82) is 0 Å². The fraction of sp³-hybridized carbons (Fsp3) is 0.700. The minimum atomic E-state index is 0. The van der Waals surface area contributed by atoms with E-state index in [4.69, 9.17) is 0 Å². The van der Waals surface area contributed by atoms with Crippen molar-refractivity contribution in [3.8, 4) is 0 Å².